The van der Waals surface area contributed by atoms with Gasteiger partial charge in [0.25, 0.3) is 0 Å². The van der Waals surface area contributed by atoms with Gasteiger partial charge in [-0.1, -0.05) is 30.3 Å². The monoisotopic (exact) mass is 434 g/mol. The number of H-pyrrole nitrogens is 1. The summed E-state index contributed by atoms with van der Waals surface area (Å²) in [5.74, 6) is -1.93. The lowest BCUT2D eigenvalue weighted by molar-refractivity contribution is -0.175. The van der Waals surface area contributed by atoms with Crippen LogP contribution in [-0.2, 0) is 16.1 Å². The predicted molar refractivity (Wildman–Crippen MR) is 116 cm³/mol. The van der Waals surface area contributed by atoms with Gasteiger partial charge in [0.2, 0.25) is 11.8 Å². The summed E-state index contributed by atoms with van der Waals surface area (Å²) in [7, 11) is 0. The number of hydrogen-bond acceptors (Lipinski definition) is 5. The molecule has 2 amide bonds. The molecule has 0 spiro atoms. The van der Waals surface area contributed by atoms with E-state index in [2.05, 4.69) is 4.98 Å². The number of primary amides is 1. The molecule has 2 bridgehead atoms. The van der Waals surface area contributed by atoms with Crippen molar-refractivity contribution in [3.8, 4) is 5.75 Å². The van der Waals surface area contributed by atoms with Crippen LogP contribution in [0.15, 0.2) is 58.1 Å². The standard InChI is InChI=1S/C23H22N4O5/c1-23-12-14(13-6-2-5-9-17(13)32-23)18(19(24)28)21(30)27(23)11-10-26-16-8-4-3-7-15(16)25-20(29)22(26)31/h2-9,14,18H,10-12H2,1H3,(H2,24,28)(H,25,29)/t14-,18-,23-/m0/s1. The largest absolute Gasteiger partial charge is 0.468 e. The maximum atomic E-state index is 13.4. The van der Waals surface area contributed by atoms with E-state index in [0.717, 1.165) is 5.56 Å². The van der Waals surface area contributed by atoms with E-state index < -0.39 is 34.6 Å². The number of para-hydroxylation sites is 3. The van der Waals surface area contributed by atoms with E-state index in [-0.39, 0.29) is 19.0 Å². The highest BCUT2D eigenvalue weighted by Gasteiger charge is 2.55. The van der Waals surface area contributed by atoms with Crippen molar-refractivity contribution in [2.75, 3.05) is 6.54 Å². The highest BCUT2D eigenvalue weighted by molar-refractivity contribution is 6.01. The van der Waals surface area contributed by atoms with Crippen molar-refractivity contribution >= 4 is 22.8 Å². The van der Waals surface area contributed by atoms with Gasteiger partial charge in [-0.05, 0) is 30.7 Å². The zero-order valence-electron chi connectivity index (χ0n) is 17.4. The first kappa shape index (κ1) is 20.0. The molecule has 2 aliphatic heterocycles. The molecule has 0 radical (unpaired) electrons. The maximum absolute atomic E-state index is 13.4. The average Bonchev–Trinajstić information content (AvgIpc) is 2.75. The number of benzene rings is 2. The molecule has 0 saturated carbocycles. The van der Waals surface area contributed by atoms with Gasteiger partial charge in [-0.25, -0.2) is 0 Å². The molecular weight excluding hydrogens is 412 g/mol. The molecule has 2 aromatic carbocycles. The smallest absolute Gasteiger partial charge is 0.316 e. The Hall–Kier alpha value is -3.88. The third kappa shape index (κ3) is 2.92. The number of nitrogens with two attached hydrogens (primary N) is 1. The molecule has 3 N–H and O–H groups in total. The number of nitrogens with one attached hydrogen (secondary N) is 1. The summed E-state index contributed by atoms with van der Waals surface area (Å²) in [6.45, 7) is 1.93. The molecule has 1 saturated heterocycles. The number of amides is 2. The van der Waals surface area contributed by atoms with Crippen LogP contribution in [0.1, 0.15) is 24.8 Å². The van der Waals surface area contributed by atoms with Crippen LogP contribution in [-0.4, -0.2) is 38.5 Å². The summed E-state index contributed by atoms with van der Waals surface area (Å²) in [6.07, 6.45) is 0.397. The molecule has 1 aromatic heterocycles. The lowest BCUT2D eigenvalue weighted by Gasteiger charge is -2.52. The number of likely N-dealkylation sites (tertiary alicyclic amines) is 1. The third-order valence-corrected chi connectivity index (χ3v) is 6.49. The van der Waals surface area contributed by atoms with Crippen LogP contribution >= 0.6 is 0 Å². The quantitative estimate of drug-likeness (QED) is 0.466. The normalized spacial score (nSPS) is 24.2. The van der Waals surface area contributed by atoms with Gasteiger partial charge in [0.05, 0.1) is 11.0 Å². The number of carbonyl (C=O) groups excluding carboxylic acids is 2. The van der Waals surface area contributed by atoms with Gasteiger partial charge >= 0.3 is 11.1 Å². The molecule has 9 nitrogen and oxygen atoms in total. The number of aromatic amines is 1. The van der Waals surface area contributed by atoms with E-state index in [1.54, 1.807) is 37.3 Å². The fourth-order valence-electron chi connectivity index (χ4n) is 5.02. The molecule has 0 aliphatic carbocycles. The van der Waals surface area contributed by atoms with Crippen LogP contribution in [0.5, 0.6) is 5.75 Å². The minimum absolute atomic E-state index is 0.0613. The number of fused-ring (bicyclic) bond motifs is 5. The number of hydrogen-bond donors (Lipinski definition) is 2. The second-order valence-corrected chi connectivity index (χ2v) is 8.42. The molecule has 1 fully saturated rings. The van der Waals surface area contributed by atoms with Gasteiger partial charge in [-0.15, -0.1) is 0 Å². The Bertz CT molecular complexity index is 1380. The SMILES string of the molecule is C[C@@]12C[C@@H](c3ccccc3O1)[C@@H](C(N)=O)C(=O)N2CCn1c(=O)c(=O)[nH]c2ccccc21. The predicted octanol–water partition coefficient (Wildman–Crippen LogP) is 0.916. The summed E-state index contributed by atoms with van der Waals surface area (Å²) in [5.41, 5.74) is 5.05. The number of rotatable bonds is 4. The van der Waals surface area contributed by atoms with Crippen molar-refractivity contribution in [1.29, 1.82) is 0 Å². The first-order valence-corrected chi connectivity index (χ1v) is 10.4. The van der Waals surface area contributed by atoms with Crippen LogP contribution in [0.2, 0.25) is 0 Å². The van der Waals surface area contributed by atoms with Crippen molar-refractivity contribution in [2.24, 2.45) is 11.7 Å². The van der Waals surface area contributed by atoms with Crippen molar-refractivity contribution in [3.05, 3.63) is 74.8 Å². The Labute approximate surface area is 182 Å². The highest BCUT2D eigenvalue weighted by Crippen LogP contribution is 2.49. The lowest BCUT2D eigenvalue weighted by Crippen LogP contribution is -2.65. The summed E-state index contributed by atoms with van der Waals surface area (Å²) in [4.78, 5) is 54.5. The second-order valence-electron chi connectivity index (χ2n) is 8.42. The molecule has 2 aliphatic rings. The highest BCUT2D eigenvalue weighted by atomic mass is 16.5. The zero-order chi connectivity index (χ0) is 22.6. The Balaban J connectivity index is 1.55. The molecule has 3 atom stereocenters. The number of nitrogens with zero attached hydrogens (tertiary/aromatic N) is 2. The number of ether oxygens (including phenoxy) is 1. The van der Waals surface area contributed by atoms with Crippen LogP contribution in [0.3, 0.4) is 0 Å². The molecular formula is C23H22N4O5. The van der Waals surface area contributed by atoms with Crippen LogP contribution in [0.4, 0.5) is 0 Å². The Kier molecular flexibility index (Phi) is 4.44. The van der Waals surface area contributed by atoms with Gasteiger partial charge in [0, 0.05) is 25.4 Å². The lowest BCUT2D eigenvalue weighted by atomic mass is 9.73. The van der Waals surface area contributed by atoms with Gasteiger partial charge < -0.3 is 24.9 Å². The summed E-state index contributed by atoms with van der Waals surface area (Å²) < 4.78 is 7.57. The topological polar surface area (TPSA) is 127 Å². The average molecular weight is 434 g/mol. The summed E-state index contributed by atoms with van der Waals surface area (Å²) in [5, 5.41) is 0. The Morgan fingerprint density at radius 3 is 2.62 bits per heavy atom. The van der Waals surface area contributed by atoms with E-state index in [1.165, 1.54) is 9.47 Å². The second kappa shape index (κ2) is 7.08. The molecule has 9 heteroatoms. The number of carbonyl (C=O) groups is 2. The zero-order valence-corrected chi connectivity index (χ0v) is 17.4. The van der Waals surface area contributed by atoms with Crippen LogP contribution < -0.4 is 21.6 Å². The third-order valence-electron chi connectivity index (χ3n) is 6.49. The minimum Gasteiger partial charge on any atom is -0.468 e. The van der Waals surface area contributed by atoms with Crippen molar-refractivity contribution < 1.29 is 14.3 Å². The Morgan fingerprint density at radius 2 is 1.84 bits per heavy atom. The van der Waals surface area contributed by atoms with E-state index in [0.29, 0.717) is 23.2 Å². The first-order chi connectivity index (χ1) is 15.3. The molecule has 3 aromatic rings. The van der Waals surface area contributed by atoms with Crippen molar-refractivity contribution in [3.63, 3.8) is 0 Å². The fourth-order valence-corrected chi connectivity index (χ4v) is 5.02. The van der Waals surface area contributed by atoms with Crippen molar-refractivity contribution in [1.82, 2.24) is 14.5 Å². The molecule has 164 valence electrons. The van der Waals surface area contributed by atoms with E-state index in [4.69, 9.17) is 10.5 Å². The fraction of sp³-hybridized carbons (Fsp3) is 0.304. The van der Waals surface area contributed by atoms with E-state index in [9.17, 15) is 19.2 Å². The van der Waals surface area contributed by atoms with E-state index in [1.807, 2.05) is 18.2 Å². The van der Waals surface area contributed by atoms with Gasteiger partial charge in [-0.2, -0.15) is 0 Å². The maximum Gasteiger partial charge on any atom is 0.316 e. The van der Waals surface area contributed by atoms with E-state index >= 15 is 0 Å². The Morgan fingerprint density at radius 1 is 1.12 bits per heavy atom. The molecule has 3 heterocycles. The first-order valence-electron chi connectivity index (χ1n) is 10.4. The van der Waals surface area contributed by atoms with Gasteiger partial charge in [0.1, 0.15) is 11.7 Å². The van der Waals surface area contributed by atoms with Crippen LogP contribution in [0, 0.1) is 5.92 Å². The molecule has 0 unspecified atom stereocenters. The van der Waals surface area contributed by atoms with Gasteiger partial charge in [-0.3, -0.25) is 19.2 Å². The van der Waals surface area contributed by atoms with Crippen molar-refractivity contribution in [2.45, 2.75) is 31.5 Å². The minimum atomic E-state index is -1.03. The van der Waals surface area contributed by atoms with Gasteiger partial charge in [0.15, 0.2) is 5.72 Å². The summed E-state index contributed by atoms with van der Waals surface area (Å²) >= 11 is 0. The summed E-state index contributed by atoms with van der Waals surface area (Å²) in [6, 6.07) is 14.3. The van der Waals surface area contributed by atoms with Crippen LogP contribution in [0.25, 0.3) is 11.0 Å². The molecule has 5 rings (SSSR count). The number of aromatic nitrogens is 2. The number of piperidine rings is 1. The molecule has 32 heavy (non-hydrogen) atoms.